The molecule has 0 saturated heterocycles. The van der Waals surface area contributed by atoms with E-state index < -0.39 is 23.9 Å². The number of rotatable bonds is 7. The first-order valence-corrected chi connectivity index (χ1v) is 9.51. The monoisotopic (exact) mass is 405 g/mol. The highest BCUT2D eigenvalue weighted by Crippen LogP contribution is 2.34. The van der Waals surface area contributed by atoms with Gasteiger partial charge in [0.15, 0.2) is 0 Å². The van der Waals surface area contributed by atoms with Gasteiger partial charge in [-0.05, 0) is 30.5 Å². The number of alkyl halides is 1. The summed E-state index contributed by atoms with van der Waals surface area (Å²) in [6.45, 7) is 1.76. The molecule has 2 rings (SSSR count). The van der Waals surface area contributed by atoms with Crippen LogP contribution in [0.15, 0.2) is 53.1 Å². The summed E-state index contributed by atoms with van der Waals surface area (Å²) in [6, 6.07) is 8.30. The first kappa shape index (κ1) is 21.7. The molecule has 6 nitrogen and oxygen atoms in total. The second-order valence-corrected chi connectivity index (χ2v) is 6.79. The van der Waals surface area contributed by atoms with Crippen molar-refractivity contribution in [3.63, 3.8) is 0 Å². The van der Waals surface area contributed by atoms with Gasteiger partial charge < -0.3 is 14.8 Å². The summed E-state index contributed by atoms with van der Waals surface area (Å²) in [6.07, 6.45) is 2.88. The van der Waals surface area contributed by atoms with Crippen LogP contribution < -0.4 is 5.32 Å². The Hall–Kier alpha value is -2.60. The Bertz CT molecular complexity index is 800. The minimum Gasteiger partial charge on any atom is -0.466 e. The Kier molecular flexibility index (Phi) is 7.81. The Balaban J connectivity index is 2.44. The molecule has 0 aliphatic heterocycles. The van der Waals surface area contributed by atoms with Crippen LogP contribution in [0.5, 0.6) is 0 Å². The molecule has 0 fully saturated rings. The van der Waals surface area contributed by atoms with Gasteiger partial charge in [-0.3, -0.25) is 4.79 Å². The maximum absolute atomic E-state index is 12.6. The van der Waals surface area contributed by atoms with Crippen LogP contribution in [0, 0.1) is 5.92 Å². The van der Waals surface area contributed by atoms with Crippen molar-refractivity contribution in [3.8, 4) is 0 Å². The van der Waals surface area contributed by atoms with Crippen LogP contribution in [0.3, 0.4) is 0 Å². The molecular weight excluding hydrogens is 382 g/mol. The topological polar surface area (TPSA) is 81.7 Å². The molecule has 150 valence electrons. The molecule has 1 aromatic carbocycles. The van der Waals surface area contributed by atoms with E-state index in [9.17, 15) is 14.4 Å². The van der Waals surface area contributed by atoms with Gasteiger partial charge in [0.1, 0.15) is 0 Å². The highest BCUT2D eigenvalue weighted by molar-refractivity contribution is 6.17. The number of hydrogen-bond donors (Lipinski definition) is 1. The van der Waals surface area contributed by atoms with Crippen LogP contribution >= 0.6 is 11.6 Å². The van der Waals surface area contributed by atoms with E-state index in [0.29, 0.717) is 29.9 Å². The molecule has 0 saturated carbocycles. The van der Waals surface area contributed by atoms with Crippen LogP contribution in [0.25, 0.3) is 0 Å². The molecule has 2 atom stereocenters. The fraction of sp³-hybridized carbons (Fsp3) is 0.381. The van der Waals surface area contributed by atoms with Crippen molar-refractivity contribution in [2.24, 2.45) is 5.92 Å². The van der Waals surface area contributed by atoms with Crippen LogP contribution in [-0.4, -0.2) is 44.0 Å². The predicted octanol–water partition coefficient (Wildman–Crippen LogP) is 3.02. The molecule has 1 amide bonds. The SMILES string of the molecule is COC(=O)C1=C(C(=O)OC)[C@@H](C)[C@@H](NC(=O)c2ccccc2)C=C1CCCCl. The molecule has 0 heterocycles. The van der Waals surface area contributed by atoms with Crippen LogP contribution in [0.2, 0.25) is 0 Å². The van der Waals surface area contributed by atoms with E-state index >= 15 is 0 Å². The summed E-state index contributed by atoms with van der Waals surface area (Å²) in [5.74, 6) is -1.58. The number of nitrogens with one attached hydrogen (secondary N) is 1. The Morgan fingerprint density at radius 2 is 1.71 bits per heavy atom. The van der Waals surface area contributed by atoms with Gasteiger partial charge in [-0.1, -0.05) is 31.2 Å². The number of ether oxygens (including phenoxy) is 2. The lowest BCUT2D eigenvalue weighted by Gasteiger charge is -2.31. The van der Waals surface area contributed by atoms with Crippen molar-refractivity contribution in [3.05, 3.63) is 58.7 Å². The Morgan fingerprint density at radius 1 is 1.07 bits per heavy atom. The third-order valence-corrected chi connectivity index (χ3v) is 4.94. The number of carbonyl (C=O) groups excluding carboxylic acids is 3. The van der Waals surface area contributed by atoms with E-state index in [0.717, 1.165) is 0 Å². The molecule has 0 bridgehead atoms. The predicted molar refractivity (Wildman–Crippen MR) is 106 cm³/mol. The van der Waals surface area contributed by atoms with Gasteiger partial charge in [0.05, 0.1) is 31.4 Å². The standard InChI is InChI=1S/C21H24ClNO5/c1-13-16(23-19(24)14-8-5-4-6-9-14)12-15(10-7-11-22)18(21(26)28-3)17(13)20(25)27-2/h4-6,8-9,12-13,16H,7,10-11H2,1-3H3,(H,23,24)/t13-,16-/m0/s1. The first-order valence-electron chi connectivity index (χ1n) is 8.98. The van der Waals surface area contributed by atoms with Gasteiger partial charge in [0.25, 0.3) is 5.91 Å². The number of benzene rings is 1. The summed E-state index contributed by atoms with van der Waals surface area (Å²) >= 11 is 5.82. The number of methoxy groups -OCH3 is 2. The van der Waals surface area contributed by atoms with E-state index in [1.165, 1.54) is 14.2 Å². The van der Waals surface area contributed by atoms with Crippen molar-refractivity contribution in [2.75, 3.05) is 20.1 Å². The van der Waals surface area contributed by atoms with E-state index in [-0.39, 0.29) is 17.1 Å². The van der Waals surface area contributed by atoms with Crippen molar-refractivity contribution in [2.45, 2.75) is 25.8 Å². The number of hydrogen-bond acceptors (Lipinski definition) is 5. The summed E-state index contributed by atoms with van der Waals surface area (Å²) < 4.78 is 9.80. The molecule has 0 unspecified atom stereocenters. The van der Waals surface area contributed by atoms with Crippen LogP contribution in [-0.2, 0) is 19.1 Å². The van der Waals surface area contributed by atoms with Crippen molar-refractivity contribution >= 4 is 29.4 Å². The van der Waals surface area contributed by atoms with Crippen LogP contribution in [0.4, 0.5) is 0 Å². The zero-order valence-electron chi connectivity index (χ0n) is 16.2. The molecule has 1 aliphatic rings. The number of esters is 2. The summed E-state index contributed by atoms with van der Waals surface area (Å²) in [4.78, 5) is 37.5. The lowest BCUT2D eigenvalue weighted by Crippen LogP contribution is -2.43. The highest BCUT2D eigenvalue weighted by atomic mass is 35.5. The number of carbonyl (C=O) groups is 3. The third-order valence-electron chi connectivity index (χ3n) is 4.67. The summed E-state index contributed by atoms with van der Waals surface area (Å²) in [5.41, 5.74) is 1.51. The van der Waals surface area contributed by atoms with Gasteiger partial charge >= 0.3 is 11.9 Å². The molecule has 1 N–H and O–H groups in total. The molecule has 1 aromatic rings. The van der Waals surface area contributed by atoms with E-state index in [4.69, 9.17) is 21.1 Å². The second kappa shape index (κ2) is 10.1. The zero-order valence-corrected chi connectivity index (χ0v) is 16.9. The third kappa shape index (κ3) is 4.81. The second-order valence-electron chi connectivity index (χ2n) is 6.41. The molecule has 0 aromatic heterocycles. The van der Waals surface area contributed by atoms with E-state index in [1.54, 1.807) is 37.3 Å². The molecule has 7 heteroatoms. The first-order chi connectivity index (χ1) is 13.4. The van der Waals surface area contributed by atoms with Gasteiger partial charge in [0, 0.05) is 17.4 Å². The van der Waals surface area contributed by atoms with Crippen LogP contribution in [0.1, 0.15) is 30.1 Å². The number of halogens is 1. The van der Waals surface area contributed by atoms with E-state index in [1.807, 2.05) is 6.07 Å². The lowest BCUT2D eigenvalue weighted by atomic mass is 9.79. The van der Waals surface area contributed by atoms with Crippen molar-refractivity contribution < 1.29 is 23.9 Å². The molecular formula is C21H24ClNO5. The average molecular weight is 406 g/mol. The maximum Gasteiger partial charge on any atom is 0.338 e. The molecule has 0 spiro atoms. The largest absolute Gasteiger partial charge is 0.466 e. The maximum atomic E-state index is 12.6. The van der Waals surface area contributed by atoms with Gasteiger partial charge in [-0.2, -0.15) is 0 Å². The Morgan fingerprint density at radius 3 is 2.29 bits per heavy atom. The quantitative estimate of drug-likeness (QED) is 0.557. The molecule has 28 heavy (non-hydrogen) atoms. The minimum atomic E-state index is -0.622. The normalized spacial score (nSPS) is 18.9. The van der Waals surface area contributed by atoms with E-state index in [2.05, 4.69) is 5.32 Å². The lowest BCUT2D eigenvalue weighted by molar-refractivity contribution is -0.139. The van der Waals surface area contributed by atoms with Gasteiger partial charge in [-0.25, -0.2) is 9.59 Å². The summed E-state index contributed by atoms with van der Waals surface area (Å²) in [7, 11) is 2.52. The zero-order chi connectivity index (χ0) is 20.7. The molecule has 1 aliphatic carbocycles. The smallest absolute Gasteiger partial charge is 0.338 e. The fourth-order valence-corrected chi connectivity index (χ4v) is 3.36. The Labute approximate surface area is 169 Å². The minimum absolute atomic E-state index is 0.192. The number of amides is 1. The van der Waals surface area contributed by atoms with Gasteiger partial charge in [0.2, 0.25) is 0 Å². The van der Waals surface area contributed by atoms with Crippen molar-refractivity contribution in [1.82, 2.24) is 5.32 Å². The van der Waals surface area contributed by atoms with Gasteiger partial charge in [-0.15, -0.1) is 11.6 Å². The molecule has 0 radical (unpaired) electrons. The highest BCUT2D eigenvalue weighted by Gasteiger charge is 2.37. The summed E-state index contributed by atoms with van der Waals surface area (Å²) in [5, 5.41) is 2.94. The fourth-order valence-electron chi connectivity index (χ4n) is 3.22. The average Bonchev–Trinajstić information content (AvgIpc) is 2.73. The van der Waals surface area contributed by atoms with Crippen molar-refractivity contribution in [1.29, 1.82) is 0 Å².